The summed E-state index contributed by atoms with van der Waals surface area (Å²) < 4.78 is 5.45. The summed E-state index contributed by atoms with van der Waals surface area (Å²) in [6.07, 6.45) is 5.09. The van der Waals surface area contributed by atoms with Gasteiger partial charge in [-0.2, -0.15) is 0 Å². The van der Waals surface area contributed by atoms with Crippen molar-refractivity contribution in [2.75, 3.05) is 25.1 Å². The maximum absolute atomic E-state index is 5.45. The number of aromatic nitrogens is 2. The summed E-state index contributed by atoms with van der Waals surface area (Å²) in [5.41, 5.74) is 0.983. The Labute approximate surface area is 97.5 Å². The number of hydrogen-bond donors (Lipinski definition) is 1. The summed E-state index contributed by atoms with van der Waals surface area (Å²) in [4.78, 5) is 8.38. The minimum atomic E-state index is 0.702. The molecule has 4 nitrogen and oxygen atoms in total. The van der Waals surface area contributed by atoms with Crippen molar-refractivity contribution in [3.63, 3.8) is 0 Å². The van der Waals surface area contributed by atoms with Gasteiger partial charge in [0.1, 0.15) is 0 Å². The molecular formula is C12H21N3O. The van der Waals surface area contributed by atoms with Crippen LogP contribution in [-0.2, 0) is 4.74 Å². The van der Waals surface area contributed by atoms with Crippen molar-refractivity contribution in [1.82, 2.24) is 9.97 Å². The highest BCUT2D eigenvalue weighted by Crippen LogP contribution is 1.98. The number of unbranched alkanes of at least 4 members (excludes halogenated alkanes) is 1. The van der Waals surface area contributed by atoms with Gasteiger partial charge in [0.25, 0.3) is 0 Å². The van der Waals surface area contributed by atoms with E-state index in [4.69, 9.17) is 4.74 Å². The van der Waals surface area contributed by atoms with Crippen LogP contribution in [0.1, 0.15) is 31.9 Å². The molecule has 4 heteroatoms. The van der Waals surface area contributed by atoms with E-state index >= 15 is 0 Å². The van der Waals surface area contributed by atoms with Crippen LogP contribution < -0.4 is 5.32 Å². The maximum atomic E-state index is 5.45. The lowest BCUT2D eigenvalue weighted by Crippen LogP contribution is -2.08. The SMILES string of the molecule is CCCCOCCCNc1nccc(C)n1. The van der Waals surface area contributed by atoms with Crippen LogP contribution in [0.15, 0.2) is 12.3 Å². The van der Waals surface area contributed by atoms with Gasteiger partial charge in [0.15, 0.2) is 0 Å². The molecule has 0 saturated heterocycles. The van der Waals surface area contributed by atoms with Crippen LogP contribution >= 0.6 is 0 Å². The molecule has 0 amide bonds. The van der Waals surface area contributed by atoms with Crippen molar-refractivity contribution in [3.8, 4) is 0 Å². The molecule has 0 aliphatic rings. The Hall–Kier alpha value is -1.16. The Morgan fingerprint density at radius 1 is 1.31 bits per heavy atom. The molecule has 0 aromatic carbocycles. The molecule has 1 heterocycles. The van der Waals surface area contributed by atoms with Gasteiger partial charge < -0.3 is 10.1 Å². The summed E-state index contributed by atoms with van der Waals surface area (Å²) in [6, 6.07) is 1.89. The largest absolute Gasteiger partial charge is 0.381 e. The second kappa shape index (κ2) is 8.05. The van der Waals surface area contributed by atoms with E-state index < -0.39 is 0 Å². The van der Waals surface area contributed by atoms with E-state index in [2.05, 4.69) is 22.2 Å². The summed E-state index contributed by atoms with van der Waals surface area (Å²) >= 11 is 0. The third kappa shape index (κ3) is 5.66. The van der Waals surface area contributed by atoms with Crippen LogP contribution in [0.4, 0.5) is 5.95 Å². The van der Waals surface area contributed by atoms with Crippen molar-refractivity contribution in [2.24, 2.45) is 0 Å². The number of aryl methyl sites for hydroxylation is 1. The monoisotopic (exact) mass is 223 g/mol. The molecule has 90 valence electrons. The normalized spacial score (nSPS) is 10.4. The smallest absolute Gasteiger partial charge is 0.222 e. The van der Waals surface area contributed by atoms with Gasteiger partial charge in [-0.1, -0.05) is 13.3 Å². The topological polar surface area (TPSA) is 47.0 Å². The zero-order valence-corrected chi connectivity index (χ0v) is 10.2. The second-order valence-corrected chi connectivity index (χ2v) is 3.77. The van der Waals surface area contributed by atoms with Crippen LogP contribution in [0.2, 0.25) is 0 Å². The number of nitrogens with one attached hydrogen (secondary N) is 1. The van der Waals surface area contributed by atoms with Gasteiger partial charge in [0, 0.05) is 31.6 Å². The van der Waals surface area contributed by atoms with E-state index in [-0.39, 0.29) is 0 Å². The fraction of sp³-hybridized carbons (Fsp3) is 0.667. The van der Waals surface area contributed by atoms with E-state index in [9.17, 15) is 0 Å². The molecule has 0 aliphatic carbocycles. The zero-order chi connectivity index (χ0) is 11.6. The average Bonchev–Trinajstić information content (AvgIpc) is 2.28. The van der Waals surface area contributed by atoms with Gasteiger partial charge in [-0.3, -0.25) is 0 Å². The maximum Gasteiger partial charge on any atom is 0.222 e. The van der Waals surface area contributed by atoms with Crippen LogP contribution in [0.3, 0.4) is 0 Å². The number of rotatable bonds is 8. The Bertz CT molecular complexity index is 291. The van der Waals surface area contributed by atoms with Crippen molar-refractivity contribution >= 4 is 5.95 Å². The molecule has 0 bridgehead atoms. The van der Waals surface area contributed by atoms with E-state index in [1.165, 1.54) is 6.42 Å². The fourth-order valence-corrected chi connectivity index (χ4v) is 1.26. The fourth-order valence-electron chi connectivity index (χ4n) is 1.26. The molecular weight excluding hydrogens is 202 g/mol. The summed E-state index contributed by atoms with van der Waals surface area (Å²) in [5.74, 6) is 0.702. The quantitative estimate of drug-likeness (QED) is 0.687. The van der Waals surface area contributed by atoms with E-state index in [0.29, 0.717) is 5.95 Å². The number of hydrogen-bond acceptors (Lipinski definition) is 4. The number of nitrogens with zero attached hydrogens (tertiary/aromatic N) is 2. The van der Waals surface area contributed by atoms with E-state index in [0.717, 1.165) is 38.3 Å². The molecule has 0 atom stereocenters. The van der Waals surface area contributed by atoms with Gasteiger partial charge in [0.05, 0.1) is 0 Å². The molecule has 1 aromatic heterocycles. The molecule has 16 heavy (non-hydrogen) atoms. The molecule has 1 rings (SSSR count). The summed E-state index contributed by atoms with van der Waals surface area (Å²) in [5, 5.41) is 3.17. The van der Waals surface area contributed by atoms with Crippen molar-refractivity contribution < 1.29 is 4.74 Å². The number of ether oxygens (including phenoxy) is 1. The molecule has 1 N–H and O–H groups in total. The second-order valence-electron chi connectivity index (χ2n) is 3.77. The molecule has 0 aliphatic heterocycles. The van der Waals surface area contributed by atoms with Crippen molar-refractivity contribution in [3.05, 3.63) is 18.0 Å². The van der Waals surface area contributed by atoms with Crippen LogP contribution in [0.5, 0.6) is 0 Å². The molecule has 0 spiro atoms. The highest BCUT2D eigenvalue weighted by Gasteiger charge is 1.94. The van der Waals surface area contributed by atoms with Crippen LogP contribution in [0.25, 0.3) is 0 Å². The lowest BCUT2D eigenvalue weighted by molar-refractivity contribution is 0.131. The summed E-state index contributed by atoms with van der Waals surface area (Å²) in [6.45, 7) is 6.66. The lowest BCUT2D eigenvalue weighted by atomic mass is 10.4. The Morgan fingerprint density at radius 2 is 2.12 bits per heavy atom. The zero-order valence-electron chi connectivity index (χ0n) is 10.2. The van der Waals surface area contributed by atoms with E-state index in [1.807, 2.05) is 13.0 Å². The Balaban J connectivity index is 2.03. The Morgan fingerprint density at radius 3 is 2.88 bits per heavy atom. The first-order valence-corrected chi connectivity index (χ1v) is 5.94. The van der Waals surface area contributed by atoms with Crippen LogP contribution in [-0.4, -0.2) is 29.7 Å². The van der Waals surface area contributed by atoms with Crippen molar-refractivity contribution in [2.45, 2.75) is 33.1 Å². The number of anilines is 1. The predicted octanol–water partition coefficient (Wildman–Crippen LogP) is 2.40. The van der Waals surface area contributed by atoms with Gasteiger partial charge in [-0.25, -0.2) is 9.97 Å². The van der Waals surface area contributed by atoms with Gasteiger partial charge in [0.2, 0.25) is 5.95 Å². The first-order chi connectivity index (χ1) is 7.83. The van der Waals surface area contributed by atoms with Gasteiger partial charge >= 0.3 is 0 Å². The van der Waals surface area contributed by atoms with Gasteiger partial charge in [-0.05, 0) is 25.8 Å². The molecule has 0 radical (unpaired) electrons. The lowest BCUT2D eigenvalue weighted by Gasteiger charge is -2.05. The highest BCUT2D eigenvalue weighted by molar-refractivity contribution is 5.24. The standard InChI is InChI=1S/C12H21N3O/c1-3-4-9-16-10-5-7-13-12-14-8-6-11(2)15-12/h6,8H,3-5,7,9-10H2,1-2H3,(H,13,14,15). The van der Waals surface area contributed by atoms with Crippen molar-refractivity contribution in [1.29, 1.82) is 0 Å². The summed E-state index contributed by atoms with van der Waals surface area (Å²) in [7, 11) is 0. The molecule has 1 aromatic rings. The van der Waals surface area contributed by atoms with Crippen LogP contribution in [0, 0.1) is 6.92 Å². The third-order valence-corrected chi connectivity index (χ3v) is 2.19. The predicted molar refractivity (Wildman–Crippen MR) is 65.6 cm³/mol. The molecule has 0 saturated carbocycles. The minimum absolute atomic E-state index is 0.702. The molecule has 0 fully saturated rings. The minimum Gasteiger partial charge on any atom is -0.381 e. The molecule has 0 unspecified atom stereocenters. The van der Waals surface area contributed by atoms with Gasteiger partial charge in [-0.15, -0.1) is 0 Å². The van der Waals surface area contributed by atoms with E-state index in [1.54, 1.807) is 6.20 Å². The highest BCUT2D eigenvalue weighted by atomic mass is 16.5. The Kier molecular flexibility index (Phi) is 6.49. The average molecular weight is 223 g/mol. The third-order valence-electron chi connectivity index (χ3n) is 2.19. The first kappa shape index (κ1) is 12.9. The first-order valence-electron chi connectivity index (χ1n) is 5.94.